The maximum Gasteiger partial charge on any atom is 0.135 e. The molecule has 0 fully saturated rings. The zero-order chi connectivity index (χ0) is 6.85. The van der Waals surface area contributed by atoms with Gasteiger partial charge in [-0.2, -0.15) is 0 Å². The average molecular weight is 195 g/mol. The lowest BCUT2D eigenvalue weighted by Gasteiger charge is -2.05. The van der Waals surface area contributed by atoms with Gasteiger partial charge in [-0.3, -0.25) is 0 Å². The number of hydrogen-bond acceptors (Lipinski definition) is 0. The van der Waals surface area contributed by atoms with E-state index in [9.17, 15) is 8.78 Å². The van der Waals surface area contributed by atoms with Crippen LogP contribution in [0.5, 0.6) is 0 Å². The van der Waals surface area contributed by atoms with Crippen molar-refractivity contribution in [1.82, 2.24) is 0 Å². The van der Waals surface area contributed by atoms with Crippen LogP contribution in [-0.4, -0.2) is 6.17 Å². The van der Waals surface area contributed by atoms with Crippen LogP contribution in [0.4, 0.5) is 8.78 Å². The minimum absolute atomic E-state index is 0.272. The highest BCUT2D eigenvalue weighted by Crippen LogP contribution is 2.25. The van der Waals surface area contributed by atoms with E-state index in [0.717, 1.165) is 6.08 Å². The Morgan fingerprint density at radius 3 is 2.78 bits per heavy atom. The Morgan fingerprint density at radius 2 is 2.33 bits per heavy atom. The fourth-order valence-corrected chi connectivity index (χ4v) is 0.939. The molecule has 0 aliphatic heterocycles. The van der Waals surface area contributed by atoms with Gasteiger partial charge in [0.25, 0.3) is 0 Å². The van der Waals surface area contributed by atoms with Crippen molar-refractivity contribution in [2.24, 2.45) is 0 Å². The maximum atomic E-state index is 12.3. The van der Waals surface area contributed by atoms with Crippen LogP contribution in [0.1, 0.15) is 6.42 Å². The van der Waals surface area contributed by atoms with Crippen LogP contribution in [-0.2, 0) is 0 Å². The molecule has 0 amide bonds. The van der Waals surface area contributed by atoms with Crippen molar-refractivity contribution < 1.29 is 8.78 Å². The van der Waals surface area contributed by atoms with Gasteiger partial charge in [-0.1, -0.05) is 6.08 Å². The van der Waals surface area contributed by atoms with Crippen molar-refractivity contribution in [1.29, 1.82) is 0 Å². The Hall–Kier alpha value is -0.180. The number of rotatable bonds is 0. The minimum atomic E-state index is -1.15. The van der Waals surface area contributed by atoms with Crippen molar-refractivity contribution in [2.75, 3.05) is 0 Å². The Bertz CT molecular complexity index is 172. The van der Waals surface area contributed by atoms with Gasteiger partial charge in [-0.25, -0.2) is 8.78 Å². The molecule has 1 unspecified atom stereocenters. The number of halogens is 3. The third kappa shape index (κ3) is 1.61. The fourth-order valence-electron chi connectivity index (χ4n) is 0.620. The molecule has 0 saturated carbocycles. The molecule has 1 atom stereocenters. The van der Waals surface area contributed by atoms with Crippen LogP contribution in [0.2, 0.25) is 0 Å². The Kier molecular flexibility index (Phi) is 2.01. The van der Waals surface area contributed by atoms with Gasteiger partial charge in [0.1, 0.15) is 12.0 Å². The first kappa shape index (κ1) is 6.93. The molecule has 1 rings (SSSR count). The van der Waals surface area contributed by atoms with Crippen molar-refractivity contribution in [3.05, 3.63) is 22.5 Å². The summed E-state index contributed by atoms with van der Waals surface area (Å²) in [4.78, 5) is 0. The summed E-state index contributed by atoms with van der Waals surface area (Å²) >= 11 is 2.93. The fraction of sp³-hybridized carbons (Fsp3) is 0.333. The highest BCUT2D eigenvalue weighted by atomic mass is 79.9. The molecule has 0 N–H and O–H groups in total. The summed E-state index contributed by atoms with van der Waals surface area (Å²) in [6, 6.07) is 0. The quantitative estimate of drug-likeness (QED) is 0.557. The van der Waals surface area contributed by atoms with Gasteiger partial charge in [0.2, 0.25) is 0 Å². The summed E-state index contributed by atoms with van der Waals surface area (Å²) in [6.45, 7) is 0. The van der Waals surface area contributed by atoms with Gasteiger partial charge in [-0.05, 0) is 22.0 Å². The number of allylic oxidation sites excluding steroid dienone is 4. The average Bonchev–Trinajstić information content (AvgIpc) is 1.80. The lowest BCUT2D eigenvalue weighted by Crippen LogP contribution is -1.98. The first-order valence-corrected chi connectivity index (χ1v) is 3.37. The Labute approximate surface area is 60.4 Å². The Morgan fingerprint density at radius 1 is 1.67 bits per heavy atom. The highest BCUT2D eigenvalue weighted by Gasteiger charge is 2.11. The molecule has 1 aliphatic carbocycles. The summed E-state index contributed by atoms with van der Waals surface area (Å²) in [5, 5.41) is 0. The topological polar surface area (TPSA) is 0 Å². The van der Waals surface area contributed by atoms with Gasteiger partial charge >= 0.3 is 0 Å². The number of alkyl halides is 1. The first-order valence-electron chi connectivity index (χ1n) is 2.57. The monoisotopic (exact) mass is 194 g/mol. The van der Waals surface area contributed by atoms with Crippen LogP contribution in [0, 0.1) is 0 Å². The van der Waals surface area contributed by atoms with Crippen molar-refractivity contribution in [2.45, 2.75) is 12.6 Å². The van der Waals surface area contributed by atoms with E-state index in [2.05, 4.69) is 15.9 Å². The van der Waals surface area contributed by atoms with Crippen LogP contribution < -0.4 is 0 Å². The second-order valence-electron chi connectivity index (χ2n) is 1.82. The molecule has 0 aromatic carbocycles. The largest absolute Gasteiger partial charge is 0.242 e. The van der Waals surface area contributed by atoms with E-state index in [0.29, 0.717) is 4.48 Å². The molecule has 3 heteroatoms. The van der Waals surface area contributed by atoms with Gasteiger partial charge in [0.15, 0.2) is 0 Å². The molecule has 0 saturated heterocycles. The number of hydrogen-bond donors (Lipinski definition) is 0. The zero-order valence-electron chi connectivity index (χ0n) is 4.57. The third-order valence-electron chi connectivity index (χ3n) is 1.08. The lowest BCUT2D eigenvalue weighted by atomic mass is 10.1. The second kappa shape index (κ2) is 2.60. The summed E-state index contributed by atoms with van der Waals surface area (Å²) in [5.74, 6) is -0.506. The SMILES string of the molecule is FC1=CC(F)CC=C1Br. The molecular weight excluding hydrogens is 190 g/mol. The predicted octanol–water partition coefficient (Wildman–Crippen LogP) is 2.86. The van der Waals surface area contributed by atoms with Crippen LogP contribution in [0.15, 0.2) is 22.5 Å². The van der Waals surface area contributed by atoms with E-state index in [4.69, 9.17) is 0 Å². The second-order valence-corrected chi connectivity index (χ2v) is 2.67. The normalized spacial score (nSPS) is 27.2. The molecule has 0 bridgehead atoms. The van der Waals surface area contributed by atoms with Crippen LogP contribution in [0.3, 0.4) is 0 Å². The summed E-state index contributed by atoms with van der Waals surface area (Å²) in [6.07, 6.45) is 1.57. The third-order valence-corrected chi connectivity index (χ3v) is 1.78. The molecule has 0 aromatic heterocycles. The summed E-state index contributed by atoms with van der Waals surface area (Å²) < 4.78 is 24.9. The predicted molar refractivity (Wildman–Crippen MR) is 35.7 cm³/mol. The van der Waals surface area contributed by atoms with E-state index in [1.807, 2.05) is 0 Å². The smallest absolute Gasteiger partial charge is 0.135 e. The van der Waals surface area contributed by atoms with E-state index < -0.39 is 12.0 Å². The molecule has 1 aliphatic rings. The standard InChI is InChI=1S/C6H5BrF2/c7-5-2-1-4(8)3-6(5)9/h2-4H,1H2. The van der Waals surface area contributed by atoms with E-state index >= 15 is 0 Å². The summed E-state index contributed by atoms with van der Waals surface area (Å²) in [5.41, 5.74) is 0. The van der Waals surface area contributed by atoms with Crippen LogP contribution >= 0.6 is 15.9 Å². The first-order chi connectivity index (χ1) is 4.20. The van der Waals surface area contributed by atoms with Crippen LogP contribution in [0.25, 0.3) is 0 Å². The van der Waals surface area contributed by atoms with Gasteiger partial charge in [0.05, 0.1) is 0 Å². The van der Waals surface area contributed by atoms with Crippen molar-refractivity contribution >= 4 is 15.9 Å². The van der Waals surface area contributed by atoms with Gasteiger partial charge in [-0.15, -0.1) is 0 Å². The highest BCUT2D eigenvalue weighted by molar-refractivity contribution is 9.11. The molecule has 9 heavy (non-hydrogen) atoms. The summed E-state index contributed by atoms with van der Waals surface area (Å²) in [7, 11) is 0. The van der Waals surface area contributed by atoms with E-state index in [1.54, 1.807) is 0 Å². The molecule has 50 valence electrons. The molecule has 0 spiro atoms. The lowest BCUT2D eigenvalue weighted by molar-refractivity contribution is 0.392. The zero-order valence-corrected chi connectivity index (χ0v) is 6.16. The van der Waals surface area contributed by atoms with E-state index in [-0.39, 0.29) is 6.42 Å². The molecule has 0 aromatic rings. The molecule has 0 heterocycles. The van der Waals surface area contributed by atoms with Gasteiger partial charge < -0.3 is 0 Å². The Balaban J connectivity index is 2.75. The molecule has 0 radical (unpaired) electrons. The van der Waals surface area contributed by atoms with Crippen molar-refractivity contribution in [3.63, 3.8) is 0 Å². The van der Waals surface area contributed by atoms with Crippen molar-refractivity contribution in [3.8, 4) is 0 Å². The molecular formula is C6H5BrF2. The maximum absolute atomic E-state index is 12.3. The molecule has 0 nitrogen and oxygen atoms in total. The minimum Gasteiger partial charge on any atom is -0.242 e. The van der Waals surface area contributed by atoms with E-state index in [1.165, 1.54) is 6.08 Å². The van der Waals surface area contributed by atoms with Gasteiger partial charge in [0, 0.05) is 10.9 Å².